The molecule has 0 atom stereocenters. The van der Waals surface area contributed by atoms with E-state index in [-0.39, 0.29) is 0 Å². The first-order valence-electron chi connectivity index (χ1n) is 10.1. The summed E-state index contributed by atoms with van der Waals surface area (Å²) in [6.07, 6.45) is 2.95. The molecule has 0 amide bonds. The predicted molar refractivity (Wildman–Crippen MR) is 116 cm³/mol. The standard InChI is InChI=1S/C21H36N4O4/c1-22-21(24-16-7-10-25(11-8-16)12-13-26-2)23-9-6-18-19(28-4)14-17(27-3)15-20(18)29-5/h14-16H,6-13H2,1-5H3,(H2,22,23,24). The van der Waals surface area contributed by atoms with Crippen LogP contribution >= 0.6 is 0 Å². The van der Waals surface area contributed by atoms with Gasteiger partial charge in [0.2, 0.25) is 0 Å². The zero-order valence-corrected chi connectivity index (χ0v) is 18.4. The molecule has 1 aliphatic heterocycles. The molecular formula is C21H36N4O4. The summed E-state index contributed by atoms with van der Waals surface area (Å²) in [5.41, 5.74) is 1.00. The quantitative estimate of drug-likeness (QED) is 0.449. The molecule has 0 aliphatic carbocycles. The van der Waals surface area contributed by atoms with Gasteiger partial charge in [-0.15, -0.1) is 0 Å². The van der Waals surface area contributed by atoms with Crippen LogP contribution in [0.5, 0.6) is 17.2 Å². The predicted octanol–water partition coefficient (Wildman–Crippen LogP) is 1.53. The minimum absolute atomic E-state index is 0.435. The second kappa shape index (κ2) is 12.4. The summed E-state index contributed by atoms with van der Waals surface area (Å²) in [6.45, 7) is 4.67. The van der Waals surface area contributed by atoms with Crippen molar-refractivity contribution in [2.75, 3.05) is 68.3 Å². The van der Waals surface area contributed by atoms with Crippen LogP contribution in [-0.2, 0) is 11.2 Å². The fourth-order valence-corrected chi connectivity index (χ4v) is 3.54. The van der Waals surface area contributed by atoms with E-state index >= 15 is 0 Å². The van der Waals surface area contributed by atoms with E-state index in [1.807, 2.05) is 12.1 Å². The van der Waals surface area contributed by atoms with Crippen molar-refractivity contribution in [1.29, 1.82) is 0 Å². The molecule has 1 saturated heterocycles. The van der Waals surface area contributed by atoms with Crippen LogP contribution in [0.15, 0.2) is 17.1 Å². The van der Waals surface area contributed by atoms with Gasteiger partial charge < -0.3 is 34.5 Å². The summed E-state index contributed by atoms with van der Waals surface area (Å²) >= 11 is 0. The average Bonchev–Trinajstić information content (AvgIpc) is 2.77. The largest absolute Gasteiger partial charge is 0.496 e. The molecule has 1 aromatic carbocycles. The Balaban J connectivity index is 1.85. The Morgan fingerprint density at radius 3 is 2.24 bits per heavy atom. The lowest BCUT2D eigenvalue weighted by atomic mass is 10.1. The van der Waals surface area contributed by atoms with E-state index in [9.17, 15) is 0 Å². The van der Waals surface area contributed by atoms with Crippen molar-refractivity contribution in [3.05, 3.63) is 17.7 Å². The molecule has 0 radical (unpaired) electrons. The number of aliphatic imine (C=N–C) groups is 1. The number of benzene rings is 1. The minimum atomic E-state index is 0.435. The van der Waals surface area contributed by atoms with Gasteiger partial charge in [-0.05, 0) is 19.3 Å². The Kier molecular flexibility index (Phi) is 9.87. The highest BCUT2D eigenvalue weighted by Gasteiger charge is 2.20. The maximum Gasteiger partial charge on any atom is 0.191 e. The van der Waals surface area contributed by atoms with Gasteiger partial charge in [0.15, 0.2) is 5.96 Å². The number of ether oxygens (including phenoxy) is 4. The van der Waals surface area contributed by atoms with E-state index in [0.717, 1.165) is 68.5 Å². The summed E-state index contributed by atoms with van der Waals surface area (Å²) in [5.74, 6) is 3.06. The highest BCUT2D eigenvalue weighted by molar-refractivity contribution is 5.80. The second-order valence-electron chi connectivity index (χ2n) is 7.01. The van der Waals surface area contributed by atoms with E-state index in [0.29, 0.717) is 18.3 Å². The molecule has 0 bridgehead atoms. The molecule has 0 aromatic heterocycles. The van der Waals surface area contributed by atoms with E-state index in [4.69, 9.17) is 18.9 Å². The van der Waals surface area contributed by atoms with Crippen molar-refractivity contribution in [1.82, 2.24) is 15.5 Å². The Hall–Kier alpha value is -2.19. The van der Waals surface area contributed by atoms with Gasteiger partial charge in [-0.2, -0.15) is 0 Å². The number of hydrogen-bond acceptors (Lipinski definition) is 6. The van der Waals surface area contributed by atoms with Gasteiger partial charge in [-0.3, -0.25) is 4.99 Å². The minimum Gasteiger partial charge on any atom is -0.496 e. The molecule has 164 valence electrons. The lowest BCUT2D eigenvalue weighted by Gasteiger charge is -2.32. The Morgan fingerprint density at radius 2 is 1.72 bits per heavy atom. The van der Waals surface area contributed by atoms with Crippen LogP contribution in [0.25, 0.3) is 0 Å². The zero-order valence-electron chi connectivity index (χ0n) is 18.4. The van der Waals surface area contributed by atoms with Crippen LogP contribution in [0, 0.1) is 0 Å². The third kappa shape index (κ3) is 6.97. The monoisotopic (exact) mass is 408 g/mol. The molecule has 2 rings (SSSR count). The summed E-state index contributed by atoms with van der Waals surface area (Å²) in [7, 11) is 8.50. The molecule has 0 saturated carbocycles. The summed E-state index contributed by atoms with van der Waals surface area (Å²) in [4.78, 5) is 6.82. The van der Waals surface area contributed by atoms with Crippen LogP contribution < -0.4 is 24.8 Å². The second-order valence-corrected chi connectivity index (χ2v) is 7.01. The van der Waals surface area contributed by atoms with E-state index < -0.39 is 0 Å². The average molecular weight is 409 g/mol. The van der Waals surface area contributed by atoms with Gasteiger partial charge in [0.05, 0.1) is 27.9 Å². The number of nitrogens with one attached hydrogen (secondary N) is 2. The summed E-state index contributed by atoms with van der Waals surface area (Å²) in [6, 6.07) is 4.19. The maximum absolute atomic E-state index is 5.53. The third-order valence-corrected chi connectivity index (χ3v) is 5.25. The first-order valence-corrected chi connectivity index (χ1v) is 10.1. The fraction of sp³-hybridized carbons (Fsp3) is 0.667. The Labute approximate surface area is 174 Å². The third-order valence-electron chi connectivity index (χ3n) is 5.25. The Morgan fingerprint density at radius 1 is 1.07 bits per heavy atom. The van der Waals surface area contributed by atoms with Crippen LogP contribution in [0.1, 0.15) is 18.4 Å². The molecular weight excluding hydrogens is 372 g/mol. The van der Waals surface area contributed by atoms with Crippen LogP contribution in [0.2, 0.25) is 0 Å². The highest BCUT2D eigenvalue weighted by Crippen LogP contribution is 2.34. The normalized spacial score (nSPS) is 15.8. The fourth-order valence-electron chi connectivity index (χ4n) is 3.54. The molecule has 1 fully saturated rings. The van der Waals surface area contributed by atoms with Gasteiger partial charge >= 0.3 is 0 Å². The first-order chi connectivity index (χ1) is 14.1. The van der Waals surface area contributed by atoms with Crippen molar-refractivity contribution >= 4 is 5.96 Å². The van der Waals surface area contributed by atoms with Gasteiger partial charge in [0.25, 0.3) is 0 Å². The van der Waals surface area contributed by atoms with Crippen molar-refractivity contribution < 1.29 is 18.9 Å². The number of piperidine rings is 1. The van der Waals surface area contributed by atoms with Gasteiger partial charge in [0.1, 0.15) is 17.2 Å². The van der Waals surface area contributed by atoms with Crippen LogP contribution in [0.4, 0.5) is 0 Å². The molecule has 1 aliphatic rings. The van der Waals surface area contributed by atoms with Crippen molar-refractivity contribution in [3.8, 4) is 17.2 Å². The Bertz CT molecular complexity index is 621. The number of rotatable bonds is 10. The molecule has 8 heteroatoms. The van der Waals surface area contributed by atoms with Crippen LogP contribution in [0.3, 0.4) is 0 Å². The van der Waals surface area contributed by atoms with Crippen molar-refractivity contribution in [2.45, 2.75) is 25.3 Å². The number of likely N-dealkylation sites (tertiary alicyclic amines) is 1. The summed E-state index contributed by atoms with van der Waals surface area (Å²) in [5, 5.41) is 6.95. The highest BCUT2D eigenvalue weighted by atomic mass is 16.5. The first kappa shape index (κ1) is 23.1. The zero-order chi connectivity index (χ0) is 21.1. The van der Waals surface area contributed by atoms with Gasteiger partial charge in [0, 0.05) is 64.1 Å². The molecule has 1 heterocycles. The lowest BCUT2D eigenvalue weighted by Crippen LogP contribution is -2.49. The topological polar surface area (TPSA) is 76.6 Å². The number of nitrogens with zero attached hydrogens (tertiary/aromatic N) is 2. The molecule has 29 heavy (non-hydrogen) atoms. The number of methoxy groups -OCH3 is 4. The van der Waals surface area contributed by atoms with Crippen molar-refractivity contribution in [3.63, 3.8) is 0 Å². The molecule has 2 N–H and O–H groups in total. The molecule has 0 spiro atoms. The smallest absolute Gasteiger partial charge is 0.191 e. The number of hydrogen-bond donors (Lipinski definition) is 2. The van der Waals surface area contributed by atoms with Gasteiger partial charge in [-0.1, -0.05) is 0 Å². The van der Waals surface area contributed by atoms with E-state index in [1.165, 1.54) is 0 Å². The van der Waals surface area contributed by atoms with Crippen molar-refractivity contribution in [2.24, 2.45) is 4.99 Å². The number of guanidine groups is 1. The lowest BCUT2D eigenvalue weighted by molar-refractivity contribution is 0.128. The van der Waals surface area contributed by atoms with Crippen LogP contribution in [-0.4, -0.2) is 85.2 Å². The molecule has 8 nitrogen and oxygen atoms in total. The van der Waals surface area contributed by atoms with Gasteiger partial charge in [-0.25, -0.2) is 0 Å². The maximum atomic E-state index is 5.53. The SMILES string of the molecule is CN=C(NCCc1c(OC)cc(OC)cc1OC)NC1CCN(CCOC)CC1. The molecule has 0 unspecified atom stereocenters. The summed E-state index contributed by atoms with van der Waals surface area (Å²) < 4.78 is 21.5. The molecule has 1 aromatic rings. The van der Waals surface area contributed by atoms with E-state index in [1.54, 1.807) is 35.5 Å². The van der Waals surface area contributed by atoms with E-state index in [2.05, 4.69) is 20.5 Å².